The first kappa shape index (κ1) is 13.9. The molecule has 0 fully saturated rings. The van der Waals surface area contributed by atoms with Gasteiger partial charge in [-0.3, -0.25) is 0 Å². The molecule has 1 aromatic rings. The largest absolute Gasteiger partial charge is 0.454 e. The molecule has 0 radical (unpaired) electrons. The van der Waals surface area contributed by atoms with E-state index in [9.17, 15) is 4.79 Å². The molecule has 106 valence electrons. The molecule has 0 bridgehead atoms. The summed E-state index contributed by atoms with van der Waals surface area (Å²) >= 11 is 0. The van der Waals surface area contributed by atoms with Crippen molar-refractivity contribution in [2.45, 2.75) is 13.8 Å². The average Bonchev–Trinajstić information content (AvgIpc) is 2.90. The van der Waals surface area contributed by atoms with Crippen molar-refractivity contribution in [3.05, 3.63) is 29.8 Å². The van der Waals surface area contributed by atoms with Crippen LogP contribution in [0.3, 0.4) is 0 Å². The Bertz CT molecular complexity index is 552. The number of amides is 1. The first-order valence-corrected chi connectivity index (χ1v) is 6.24. The third kappa shape index (κ3) is 3.74. The third-order valence-corrected chi connectivity index (χ3v) is 2.51. The molecule has 20 heavy (non-hydrogen) atoms. The Morgan fingerprint density at radius 1 is 1.45 bits per heavy atom. The van der Waals surface area contributed by atoms with E-state index in [0.29, 0.717) is 12.3 Å². The van der Waals surface area contributed by atoms with Gasteiger partial charge in [-0.25, -0.2) is 10.2 Å². The van der Waals surface area contributed by atoms with Crippen LogP contribution in [0.15, 0.2) is 29.4 Å². The Kier molecular flexibility index (Phi) is 4.60. The molecule has 0 saturated heterocycles. The van der Waals surface area contributed by atoms with Crippen LogP contribution in [0.25, 0.3) is 6.08 Å². The summed E-state index contributed by atoms with van der Waals surface area (Å²) in [7, 11) is 0. The molecule has 1 N–H and O–H groups in total. The molecule has 6 nitrogen and oxygen atoms in total. The van der Waals surface area contributed by atoms with Gasteiger partial charge < -0.3 is 14.2 Å². The lowest BCUT2D eigenvalue weighted by atomic mass is 10.2. The fraction of sp³-hybridized carbons (Fsp3) is 0.286. The Balaban J connectivity index is 1.95. The summed E-state index contributed by atoms with van der Waals surface area (Å²) in [6.45, 7) is 4.07. The molecule has 1 aliphatic rings. The van der Waals surface area contributed by atoms with Crippen LogP contribution in [0, 0.1) is 0 Å². The van der Waals surface area contributed by atoms with Gasteiger partial charge in [0.15, 0.2) is 11.5 Å². The van der Waals surface area contributed by atoms with Crippen LogP contribution in [0.4, 0.5) is 4.79 Å². The molecule has 1 aromatic carbocycles. The number of hydrazone groups is 1. The maximum absolute atomic E-state index is 11.1. The predicted molar refractivity (Wildman–Crippen MR) is 74.9 cm³/mol. The second-order valence-corrected chi connectivity index (χ2v) is 4.03. The lowest BCUT2D eigenvalue weighted by Gasteiger charge is -2.00. The van der Waals surface area contributed by atoms with Crippen LogP contribution in [0.2, 0.25) is 0 Å². The normalized spacial score (nSPS) is 13.6. The van der Waals surface area contributed by atoms with E-state index >= 15 is 0 Å². The first-order valence-electron chi connectivity index (χ1n) is 6.24. The number of carbonyl (C=O) groups excluding carboxylic acids is 1. The molecule has 1 amide bonds. The summed E-state index contributed by atoms with van der Waals surface area (Å²) in [4.78, 5) is 11.1. The van der Waals surface area contributed by atoms with E-state index in [-0.39, 0.29) is 6.79 Å². The Morgan fingerprint density at radius 3 is 3.05 bits per heavy atom. The molecule has 0 aromatic heterocycles. The lowest BCUT2D eigenvalue weighted by molar-refractivity contribution is 0.152. The van der Waals surface area contributed by atoms with Crippen LogP contribution in [-0.4, -0.2) is 25.2 Å². The second kappa shape index (κ2) is 6.60. The van der Waals surface area contributed by atoms with E-state index in [2.05, 4.69) is 10.5 Å². The molecule has 0 unspecified atom stereocenters. The molecule has 0 aliphatic carbocycles. The van der Waals surface area contributed by atoms with Gasteiger partial charge in [0.25, 0.3) is 0 Å². The van der Waals surface area contributed by atoms with Gasteiger partial charge in [0.1, 0.15) is 0 Å². The number of nitrogens with zero attached hydrogens (tertiary/aromatic N) is 1. The summed E-state index contributed by atoms with van der Waals surface area (Å²) < 4.78 is 15.2. The lowest BCUT2D eigenvalue weighted by Crippen LogP contribution is -2.19. The number of hydrogen-bond acceptors (Lipinski definition) is 5. The highest BCUT2D eigenvalue weighted by molar-refractivity contribution is 5.96. The summed E-state index contributed by atoms with van der Waals surface area (Å²) in [5.41, 5.74) is 3.90. The minimum atomic E-state index is -0.566. The number of fused-ring (bicyclic) bond motifs is 1. The number of carbonyl (C=O) groups is 1. The molecule has 2 rings (SSSR count). The van der Waals surface area contributed by atoms with Gasteiger partial charge >= 0.3 is 6.09 Å². The molecule has 1 aliphatic heterocycles. The summed E-state index contributed by atoms with van der Waals surface area (Å²) in [6.07, 6.45) is 3.08. The maximum atomic E-state index is 11.1. The monoisotopic (exact) mass is 276 g/mol. The third-order valence-electron chi connectivity index (χ3n) is 2.51. The number of rotatable bonds is 4. The minimum Gasteiger partial charge on any atom is -0.454 e. The van der Waals surface area contributed by atoms with Crippen LogP contribution in [-0.2, 0) is 4.74 Å². The number of ether oxygens (including phenoxy) is 3. The molecular formula is C14H16N2O4. The highest BCUT2D eigenvalue weighted by Crippen LogP contribution is 2.32. The van der Waals surface area contributed by atoms with Crippen molar-refractivity contribution in [3.8, 4) is 11.5 Å². The molecule has 0 spiro atoms. The predicted octanol–water partition coefficient (Wildman–Crippen LogP) is 2.55. The Labute approximate surface area is 117 Å². The highest BCUT2D eigenvalue weighted by atomic mass is 16.7. The average molecular weight is 276 g/mol. The van der Waals surface area contributed by atoms with Gasteiger partial charge in [-0.15, -0.1) is 0 Å². The zero-order valence-corrected chi connectivity index (χ0v) is 11.4. The van der Waals surface area contributed by atoms with E-state index in [1.807, 2.05) is 24.3 Å². The standard InChI is InChI=1S/C14H16N2O4/c1-3-18-14(17)16-15-10(2)4-5-11-6-7-12-13(8-11)20-9-19-12/h4-8H,3,9H2,1-2H3,(H,16,17)/b5-4+,15-10-. The molecule has 0 atom stereocenters. The zero-order chi connectivity index (χ0) is 14.4. The van der Waals surface area contributed by atoms with Crippen molar-refractivity contribution < 1.29 is 19.0 Å². The summed E-state index contributed by atoms with van der Waals surface area (Å²) in [6, 6.07) is 5.65. The van der Waals surface area contributed by atoms with Gasteiger partial charge in [-0.1, -0.05) is 12.1 Å². The van der Waals surface area contributed by atoms with Crippen LogP contribution < -0.4 is 14.9 Å². The first-order chi connectivity index (χ1) is 9.69. The zero-order valence-electron chi connectivity index (χ0n) is 11.4. The van der Waals surface area contributed by atoms with Gasteiger partial charge in [-0.2, -0.15) is 5.10 Å². The van der Waals surface area contributed by atoms with Gasteiger partial charge in [0, 0.05) is 0 Å². The minimum absolute atomic E-state index is 0.256. The van der Waals surface area contributed by atoms with Gasteiger partial charge in [-0.05, 0) is 37.6 Å². The van der Waals surface area contributed by atoms with Crippen LogP contribution in [0.1, 0.15) is 19.4 Å². The van der Waals surface area contributed by atoms with Crippen molar-refractivity contribution in [1.82, 2.24) is 5.43 Å². The fourth-order valence-corrected chi connectivity index (χ4v) is 1.57. The SMILES string of the molecule is CCOC(=O)N/N=C(C)\C=C\c1ccc2c(c1)OCO2. The van der Waals surface area contributed by atoms with E-state index < -0.39 is 6.09 Å². The smallest absolute Gasteiger partial charge is 0.427 e. The van der Waals surface area contributed by atoms with Crippen molar-refractivity contribution in [1.29, 1.82) is 0 Å². The number of nitrogens with one attached hydrogen (secondary N) is 1. The van der Waals surface area contributed by atoms with Gasteiger partial charge in [0.05, 0.1) is 12.3 Å². The Hall–Kier alpha value is -2.50. The quantitative estimate of drug-likeness (QED) is 0.677. The number of allylic oxidation sites excluding steroid dienone is 1. The van der Waals surface area contributed by atoms with Crippen LogP contribution in [0.5, 0.6) is 11.5 Å². The van der Waals surface area contributed by atoms with E-state index in [0.717, 1.165) is 17.1 Å². The highest BCUT2D eigenvalue weighted by Gasteiger charge is 2.12. The van der Waals surface area contributed by atoms with Crippen molar-refractivity contribution in [3.63, 3.8) is 0 Å². The van der Waals surface area contributed by atoms with E-state index in [1.165, 1.54) is 0 Å². The molecule has 0 saturated carbocycles. The van der Waals surface area contributed by atoms with Gasteiger partial charge in [0.2, 0.25) is 6.79 Å². The summed E-state index contributed by atoms with van der Waals surface area (Å²) in [5, 5.41) is 3.88. The second-order valence-electron chi connectivity index (χ2n) is 4.03. The van der Waals surface area contributed by atoms with E-state index in [1.54, 1.807) is 19.9 Å². The molecular weight excluding hydrogens is 260 g/mol. The molecule has 1 heterocycles. The van der Waals surface area contributed by atoms with Crippen molar-refractivity contribution in [2.75, 3.05) is 13.4 Å². The number of benzene rings is 1. The Morgan fingerprint density at radius 2 is 2.25 bits per heavy atom. The van der Waals surface area contributed by atoms with Crippen molar-refractivity contribution in [2.24, 2.45) is 5.10 Å². The van der Waals surface area contributed by atoms with Crippen molar-refractivity contribution >= 4 is 17.9 Å². The maximum Gasteiger partial charge on any atom is 0.427 e. The number of hydrogen-bond donors (Lipinski definition) is 1. The molecule has 6 heteroatoms. The summed E-state index contributed by atoms with van der Waals surface area (Å²) in [5.74, 6) is 1.47. The van der Waals surface area contributed by atoms with Crippen LogP contribution >= 0.6 is 0 Å². The van der Waals surface area contributed by atoms with E-state index in [4.69, 9.17) is 14.2 Å². The fourth-order valence-electron chi connectivity index (χ4n) is 1.57. The topological polar surface area (TPSA) is 69.2 Å².